The van der Waals surface area contributed by atoms with Crippen molar-refractivity contribution in [2.75, 3.05) is 30.9 Å². The summed E-state index contributed by atoms with van der Waals surface area (Å²) in [6.45, 7) is 3.11. The second-order valence-electron chi connectivity index (χ2n) is 3.65. The molecule has 0 N–H and O–H groups in total. The van der Waals surface area contributed by atoms with Crippen molar-refractivity contribution in [3.63, 3.8) is 0 Å². The highest BCUT2D eigenvalue weighted by Crippen LogP contribution is 2.22. The maximum Gasteiger partial charge on any atom is 0.213 e. The Hall–Kier alpha value is -1.71. The molecule has 1 aliphatic heterocycles. The third kappa shape index (κ3) is 2.03. The lowest BCUT2D eigenvalue weighted by atomic mass is 10.3. The second kappa shape index (κ2) is 3.81. The number of pyridine rings is 1. The predicted octanol–water partition coefficient (Wildman–Crippen LogP) is 1.37. The van der Waals surface area contributed by atoms with Crippen LogP contribution in [0.25, 0.3) is 0 Å². The average molecular weight is 202 g/mol. The van der Waals surface area contributed by atoms with Crippen LogP contribution in [-0.2, 0) is 0 Å². The topological polar surface area (TPSA) is 22.6 Å². The van der Waals surface area contributed by atoms with Gasteiger partial charge in [0.05, 0.1) is 0 Å². The summed E-state index contributed by atoms with van der Waals surface area (Å²) in [7, 11) is 5.96. The number of nitrogens with zero attached hydrogens (tertiary/aromatic N) is 4. The molecule has 0 unspecified atom stereocenters. The van der Waals surface area contributed by atoms with Crippen molar-refractivity contribution >= 4 is 11.5 Å². The van der Waals surface area contributed by atoms with Gasteiger partial charge in [-0.2, -0.15) is 0 Å². The van der Waals surface area contributed by atoms with Gasteiger partial charge in [0.2, 0.25) is 6.67 Å². The molecular weight excluding hydrogens is 188 g/mol. The van der Waals surface area contributed by atoms with Gasteiger partial charge in [0, 0.05) is 51.5 Å². The van der Waals surface area contributed by atoms with Crippen LogP contribution in [0.15, 0.2) is 30.7 Å². The first kappa shape index (κ1) is 9.83. The third-order valence-corrected chi connectivity index (χ3v) is 2.20. The molecule has 4 heteroatoms. The fourth-order valence-corrected chi connectivity index (χ4v) is 1.35. The van der Waals surface area contributed by atoms with Crippen molar-refractivity contribution in [1.82, 2.24) is 9.88 Å². The zero-order chi connectivity index (χ0) is 10.8. The molecule has 0 atom stereocenters. The average Bonchev–Trinajstić information content (AvgIpc) is 2.65. The van der Waals surface area contributed by atoms with Crippen molar-refractivity contribution in [2.24, 2.45) is 0 Å². The summed E-state index contributed by atoms with van der Waals surface area (Å²) < 4.78 is 0. The molecule has 0 saturated carbocycles. The molecule has 0 saturated heterocycles. The standard InChI is InChI=1S/C11H14N4/c1-13(2)10-4-5-12-11(8-10)15-7-6-14(3)9-15/h4-8H,1-3H3. The Morgan fingerprint density at radius 1 is 1.33 bits per heavy atom. The Bertz CT molecular complexity index is 373. The summed E-state index contributed by atoms with van der Waals surface area (Å²) in [6.07, 6.45) is 5.67. The van der Waals surface area contributed by atoms with E-state index in [4.69, 9.17) is 0 Å². The first-order chi connectivity index (χ1) is 7.16. The van der Waals surface area contributed by atoms with Crippen LogP contribution in [0.5, 0.6) is 0 Å². The van der Waals surface area contributed by atoms with E-state index in [2.05, 4.69) is 16.6 Å². The molecule has 0 aliphatic carbocycles. The predicted molar refractivity (Wildman–Crippen MR) is 61.2 cm³/mol. The van der Waals surface area contributed by atoms with E-state index in [1.54, 1.807) is 6.20 Å². The van der Waals surface area contributed by atoms with Crippen LogP contribution in [-0.4, -0.2) is 31.0 Å². The van der Waals surface area contributed by atoms with E-state index < -0.39 is 0 Å². The molecule has 0 fully saturated rings. The fraction of sp³-hybridized carbons (Fsp3) is 0.273. The van der Waals surface area contributed by atoms with Gasteiger partial charge < -0.3 is 9.80 Å². The molecule has 0 aromatic carbocycles. The van der Waals surface area contributed by atoms with E-state index in [-0.39, 0.29) is 0 Å². The first-order valence-corrected chi connectivity index (χ1v) is 4.77. The highest BCUT2D eigenvalue weighted by Gasteiger charge is 2.14. The van der Waals surface area contributed by atoms with Gasteiger partial charge in [-0.15, -0.1) is 0 Å². The molecule has 4 nitrogen and oxygen atoms in total. The third-order valence-electron chi connectivity index (χ3n) is 2.20. The highest BCUT2D eigenvalue weighted by molar-refractivity contribution is 5.56. The van der Waals surface area contributed by atoms with Crippen molar-refractivity contribution in [1.29, 1.82) is 0 Å². The number of hydrogen-bond acceptors (Lipinski definition) is 4. The molecule has 1 aromatic heterocycles. The first-order valence-electron chi connectivity index (χ1n) is 4.77. The van der Waals surface area contributed by atoms with Crippen molar-refractivity contribution in [3.05, 3.63) is 37.4 Å². The van der Waals surface area contributed by atoms with E-state index >= 15 is 0 Å². The summed E-state index contributed by atoms with van der Waals surface area (Å²) >= 11 is 0. The maximum atomic E-state index is 4.30. The van der Waals surface area contributed by atoms with Gasteiger partial charge >= 0.3 is 0 Å². The normalized spacial score (nSPS) is 14.9. The van der Waals surface area contributed by atoms with Crippen LogP contribution in [0.2, 0.25) is 0 Å². The minimum absolute atomic E-state index is 0.877. The van der Waals surface area contributed by atoms with Gasteiger partial charge in [-0.05, 0) is 6.07 Å². The molecule has 1 aromatic rings. The summed E-state index contributed by atoms with van der Waals surface area (Å²) in [4.78, 5) is 10.1. The molecule has 0 spiro atoms. The Morgan fingerprint density at radius 3 is 2.73 bits per heavy atom. The van der Waals surface area contributed by atoms with E-state index in [1.807, 2.05) is 55.5 Å². The molecule has 15 heavy (non-hydrogen) atoms. The van der Waals surface area contributed by atoms with E-state index in [0.29, 0.717) is 0 Å². The quantitative estimate of drug-likeness (QED) is 0.722. The molecule has 0 amide bonds. The molecule has 0 bridgehead atoms. The van der Waals surface area contributed by atoms with Gasteiger partial charge in [0.1, 0.15) is 5.82 Å². The lowest BCUT2D eigenvalue weighted by Gasteiger charge is -2.18. The van der Waals surface area contributed by atoms with Crippen LogP contribution >= 0.6 is 0 Å². The summed E-state index contributed by atoms with van der Waals surface area (Å²) in [6, 6.07) is 4.00. The Labute approximate surface area is 90.4 Å². The number of hydrogen-bond donors (Lipinski definition) is 0. The van der Waals surface area contributed by atoms with Gasteiger partial charge in [-0.1, -0.05) is 0 Å². The zero-order valence-corrected chi connectivity index (χ0v) is 9.18. The minimum atomic E-state index is 0.877. The van der Waals surface area contributed by atoms with Crippen LogP contribution in [0.1, 0.15) is 0 Å². The van der Waals surface area contributed by atoms with Gasteiger partial charge in [0.15, 0.2) is 0 Å². The molecule has 2 heterocycles. The number of aromatic nitrogens is 1. The molecule has 78 valence electrons. The largest absolute Gasteiger partial charge is 0.378 e. The van der Waals surface area contributed by atoms with Crippen LogP contribution < -0.4 is 9.80 Å². The highest BCUT2D eigenvalue weighted by atomic mass is 15.3. The monoisotopic (exact) mass is 202 g/mol. The Balaban J connectivity index is 2.22. The summed E-state index contributed by atoms with van der Waals surface area (Å²) in [5.41, 5.74) is 1.13. The summed E-state index contributed by atoms with van der Waals surface area (Å²) in [5, 5.41) is 0. The summed E-state index contributed by atoms with van der Waals surface area (Å²) in [5.74, 6) is 0.877. The molecule has 1 aliphatic rings. The number of anilines is 2. The van der Waals surface area contributed by atoms with Gasteiger partial charge in [-0.3, -0.25) is 4.90 Å². The van der Waals surface area contributed by atoms with E-state index in [9.17, 15) is 0 Å². The fourth-order valence-electron chi connectivity index (χ4n) is 1.35. The van der Waals surface area contributed by atoms with Crippen molar-refractivity contribution < 1.29 is 0 Å². The maximum absolute atomic E-state index is 4.30. The van der Waals surface area contributed by atoms with Crippen molar-refractivity contribution in [3.8, 4) is 0 Å². The van der Waals surface area contributed by atoms with Gasteiger partial charge in [-0.25, -0.2) is 4.98 Å². The second-order valence-corrected chi connectivity index (χ2v) is 3.65. The Kier molecular flexibility index (Phi) is 2.49. The van der Waals surface area contributed by atoms with Crippen LogP contribution in [0.3, 0.4) is 0 Å². The molecule has 2 radical (unpaired) electrons. The SMILES string of the molecule is CN1[C]N(c2cc(N(C)C)ccn2)C=C1. The van der Waals surface area contributed by atoms with E-state index in [1.165, 1.54) is 0 Å². The number of rotatable bonds is 2. The minimum Gasteiger partial charge on any atom is -0.378 e. The van der Waals surface area contributed by atoms with E-state index in [0.717, 1.165) is 11.5 Å². The lowest BCUT2D eigenvalue weighted by molar-refractivity contribution is 0.573. The van der Waals surface area contributed by atoms with Gasteiger partial charge in [0.25, 0.3) is 0 Å². The van der Waals surface area contributed by atoms with Crippen LogP contribution in [0, 0.1) is 6.67 Å². The smallest absolute Gasteiger partial charge is 0.213 e. The van der Waals surface area contributed by atoms with Crippen LogP contribution in [0.4, 0.5) is 11.5 Å². The zero-order valence-electron chi connectivity index (χ0n) is 9.18. The molecular formula is C11H14N4. The van der Waals surface area contributed by atoms with Crippen molar-refractivity contribution in [2.45, 2.75) is 0 Å². The molecule has 2 rings (SSSR count). The lowest BCUT2D eigenvalue weighted by Crippen LogP contribution is -2.17. The Morgan fingerprint density at radius 2 is 2.13 bits per heavy atom.